The largest absolute Gasteiger partial charge is 0.427 e. The highest BCUT2D eigenvalue weighted by Gasteiger charge is 2.22. The second-order valence-corrected chi connectivity index (χ2v) is 4.22. The average Bonchev–Trinajstić information content (AvgIpc) is 2.42. The van der Waals surface area contributed by atoms with Crippen LogP contribution in [0.1, 0.15) is 5.56 Å². The Morgan fingerprint density at radius 1 is 1.48 bits per heavy atom. The standard InChI is InChI=1S/C12H8ClFN4O3/c13-9-6(11(15)16)4-5-17-12(9)21-10-7(14)2-1-3-8(10)18(19)20/h1-5H,(H3,15,16). The predicted molar refractivity (Wildman–Crippen MR) is 73.4 cm³/mol. The van der Waals surface area contributed by atoms with Crippen LogP contribution in [-0.4, -0.2) is 15.7 Å². The number of hydrogen-bond donors (Lipinski definition) is 2. The Morgan fingerprint density at radius 2 is 2.19 bits per heavy atom. The van der Waals surface area contributed by atoms with Crippen LogP contribution in [0, 0.1) is 21.3 Å². The molecule has 0 saturated carbocycles. The number of rotatable bonds is 4. The summed E-state index contributed by atoms with van der Waals surface area (Å²) in [6, 6.07) is 4.64. The van der Waals surface area contributed by atoms with E-state index in [0.29, 0.717) is 0 Å². The lowest BCUT2D eigenvalue weighted by atomic mass is 10.2. The molecule has 2 aromatic rings. The van der Waals surface area contributed by atoms with Gasteiger partial charge in [-0.05, 0) is 12.1 Å². The number of nitrogens with two attached hydrogens (primary N) is 1. The van der Waals surface area contributed by atoms with Crippen LogP contribution in [0.3, 0.4) is 0 Å². The van der Waals surface area contributed by atoms with E-state index in [4.69, 9.17) is 27.5 Å². The van der Waals surface area contributed by atoms with Gasteiger partial charge in [0.25, 0.3) is 0 Å². The number of nitro groups is 1. The molecule has 0 radical (unpaired) electrons. The molecule has 0 fully saturated rings. The third kappa shape index (κ3) is 2.90. The Morgan fingerprint density at radius 3 is 2.81 bits per heavy atom. The minimum absolute atomic E-state index is 0.126. The van der Waals surface area contributed by atoms with Crippen LogP contribution in [0.15, 0.2) is 30.5 Å². The molecule has 1 aromatic carbocycles. The molecular formula is C12H8ClFN4O3. The van der Waals surface area contributed by atoms with Gasteiger partial charge in [0.2, 0.25) is 11.6 Å². The molecule has 0 amide bonds. The summed E-state index contributed by atoms with van der Waals surface area (Å²) in [4.78, 5) is 13.8. The molecule has 9 heteroatoms. The number of halogens is 2. The molecule has 0 aliphatic heterocycles. The van der Waals surface area contributed by atoms with Crippen LogP contribution in [0.5, 0.6) is 11.6 Å². The van der Waals surface area contributed by atoms with Crippen molar-refractivity contribution >= 4 is 23.1 Å². The van der Waals surface area contributed by atoms with Crippen LogP contribution in [0.2, 0.25) is 5.02 Å². The summed E-state index contributed by atoms with van der Waals surface area (Å²) >= 11 is 5.94. The number of para-hydroxylation sites is 1. The summed E-state index contributed by atoms with van der Waals surface area (Å²) in [5.41, 5.74) is 4.88. The lowest BCUT2D eigenvalue weighted by molar-refractivity contribution is -0.385. The number of benzene rings is 1. The molecule has 1 aromatic heterocycles. The maximum absolute atomic E-state index is 13.7. The summed E-state index contributed by atoms with van der Waals surface area (Å²) in [7, 11) is 0. The van der Waals surface area contributed by atoms with Gasteiger partial charge in [-0.1, -0.05) is 17.7 Å². The van der Waals surface area contributed by atoms with Crippen LogP contribution >= 0.6 is 11.6 Å². The van der Waals surface area contributed by atoms with Crippen LogP contribution in [0.25, 0.3) is 0 Å². The number of nitrogen functional groups attached to an aromatic ring is 1. The van der Waals surface area contributed by atoms with Crippen molar-refractivity contribution in [3.8, 4) is 11.6 Å². The maximum atomic E-state index is 13.7. The van der Waals surface area contributed by atoms with Gasteiger partial charge in [-0.25, -0.2) is 9.37 Å². The molecule has 2 rings (SSSR count). The van der Waals surface area contributed by atoms with Gasteiger partial charge in [-0.3, -0.25) is 15.5 Å². The topological polar surface area (TPSA) is 115 Å². The number of ether oxygens (including phenoxy) is 1. The number of aromatic nitrogens is 1. The van der Waals surface area contributed by atoms with Crippen LogP contribution in [0.4, 0.5) is 10.1 Å². The monoisotopic (exact) mass is 310 g/mol. The zero-order chi connectivity index (χ0) is 15.6. The number of nitro benzene ring substituents is 1. The first-order chi connectivity index (χ1) is 9.91. The van der Waals surface area contributed by atoms with Gasteiger partial charge in [-0.15, -0.1) is 0 Å². The molecule has 0 spiro atoms. The van der Waals surface area contributed by atoms with E-state index in [0.717, 1.165) is 12.1 Å². The first kappa shape index (κ1) is 14.7. The lowest BCUT2D eigenvalue weighted by Gasteiger charge is -2.09. The molecule has 0 aliphatic carbocycles. The third-order valence-electron chi connectivity index (χ3n) is 2.49. The Hall–Kier alpha value is -2.74. The summed E-state index contributed by atoms with van der Waals surface area (Å²) < 4.78 is 18.8. The number of hydrogen-bond acceptors (Lipinski definition) is 5. The quantitative estimate of drug-likeness (QED) is 0.390. The normalized spacial score (nSPS) is 10.2. The Balaban J connectivity index is 2.51. The molecular weight excluding hydrogens is 303 g/mol. The fourth-order valence-corrected chi connectivity index (χ4v) is 1.79. The van der Waals surface area contributed by atoms with Crippen molar-refractivity contribution in [3.05, 3.63) is 57.0 Å². The van der Waals surface area contributed by atoms with Gasteiger partial charge in [-0.2, -0.15) is 0 Å². The van der Waals surface area contributed by atoms with E-state index in [1.807, 2.05) is 0 Å². The van der Waals surface area contributed by atoms with Gasteiger partial charge in [0.1, 0.15) is 10.9 Å². The van der Waals surface area contributed by atoms with Crippen molar-refractivity contribution in [1.82, 2.24) is 4.98 Å². The molecule has 0 unspecified atom stereocenters. The van der Waals surface area contributed by atoms with Crippen LogP contribution < -0.4 is 10.5 Å². The second-order valence-electron chi connectivity index (χ2n) is 3.84. The second kappa shape index (κ2) is 5.71. The van der Waals surface area contributed by atoms with E-state index in [1.54, 1.807) is 0 Å². The fourth-order valence-electron chi connectivity index (χ4n) is 1.54. The smallest absolute Gasteiger partial charge is 0.314 e. The van der Waals surface area contributed by atoms with Gasteiger partial charge in [0.05, 0.1) is 4.92 Å². The minimum Gasteiger partial charge on any atom is -0.427 e. The molecule has 0 aliphatic rings. The molecule has 108 valence electrons. The fraction of sp³-hybridized carbons (Fsp3) is 0. The number of nitrogens with one attached hydrogen (secondary N) is 1. The van der Waals surface area contributed by atoms with Crippen molar-refractivity contribution in [2.24, 2.45) is 5.73 Å². The molecule has 21 heavy (non-hydrogen) atoms. The van der Waals surface area contributed by atoms with Gasteiger partial charge in [0, 0.05) is 17.8 Å². The van der Waals surface area contributed by atoms with Crippen LogP contribution in [-0.2, 0) is 0 Å². The molecule has 0 atom stereocenters. The third-order valence-corrected chi connectivity index (χ3v) is 2.85. The van der Waals surface area contributed by atoms with E-state index in [-0.39, 0.29) is 22.3 Å². The number of amidine groups is 1. The number of pyridine rings is 1. The first-order valence-electron chi connectivity index (χ1n) is 5.51. The van der Waals surface area contributed by atoms with Gasteiger partial charge >= 0.3 is 5.69 Å². The van der Waals surface area contributed by atoms with Crippen molar-refractivity contribution < 1.29 is 14.1 Å². The minimum atomic E-state index is -0.935. The maximum Gasteiger partial charge on any atom is 0.314 e. The summed E-state index contributed by atoms with van der Waals surface area (Å²) in [5, 5.41) is 18.1. The zero-order valence-electron chi connectivity index (χ0n) is 10.3. The van der Waals surface area contributed by atoms with Crippen molar-refractivity contribution in [2.45, 2.75) is 0 Å². The zero-order valence-corrected chi connectivity index (χ0v) is 11.1. The number of nitrogens with zero attached hydrogens (tertiary/aromatic N) is 2. The van der Waals surface area contributed by atoms with E-state index in [9.17, 15) is 14.5 Å². The van der Waals surface area contributed by atoms with Gasteiger partial charge in [0.15, 0.2) is 5.82 Å². The van der Waals surface area contributed by atoms with Gasteiger partial charge < -0.3 is 10.5 Å². The first-order valence-corrected chi connectivity index (χ1v) is 5.89. The SMILES string of the molecule is N=C(N)c1ccnc(Oc2c(F)cccc2[N+](=O)[O-])c1Cl. The summed E-state index contributed by atoms with van der Waals surface area (Å²) in [6.45, 7) is 0. The molecule has 7 nitrogen and oxygen atoms in total. The summed E-state index contributed by atoms with van der Waals surface area (Å²) in [6.07, 6.45) is 1.24. The Labute approximate surface area is 122 Å². The molecule has 0 saturated heterocycles. The van der Waals surface area contributed by atoms with Crippen molar-refractivity contribution in [1.29, 1.82) is 5.41 Å². The predicted octanol–water partition coefficient (Wildman–Crippen LogP) is 2.86. The Kier molecular flexibility index (Phi) is 3.99. The average molecular weight is 311 g/mol. The van der Waals surface area contributed by atoms with E-state index in [1.165, 1.54) is 18.3 Å². The van der Waals surface area contributed by atoms with Crippen molar-refractivity contribution in [3.63, 3.8) is 0 Å². The van der Waals surface area contributed by atoms with E-state index < -0.39 is 22.2 Å². The molecule has 0 bridgehead atoms. The highest BCUT2D eigenvalue weighted by atomic mass is 35.5. The highest BCUT2D eigenvalue weighted by Crippen LogP contribution is 2.36. The Bertz CT molecular complexity index is 738. The van der Waals surface area contributed by atoms with E-state index in [2.05, 4.69) is 4.98 Å². The lowest BCUT2D eigenvalue weighted by Crippen LogP contribution is -2.12. The summed E-state index contributed by atoms with van der Waals surface area (Å²) in [5.74, 6) is -2.17. The molecule has 1 heterocycles. The van der Waals surface area contributed by atoms with E-state index >= 15 is 0 Å². The highest BCUT2D eigenvalue weighted by molar-refractivity contribution is 6.35. The van der Waals surface area contributed by atoms with Crippen molar-refractivity contribution in [2.75, 3.05) is 0 Å². The molecule has 3 N–H and O–H groups in total.